The number of amides is 1. The van der Waals surface area contributed by atoms with E-state index in [1.807, 2.05) is 0 Å². The molecule has 0 spiro atoms. The van der Waals surface area contributed by atoms with E-state index in [1.54, 1.807) is 0 Å². The van der Waals surface area contributed by atoms with E-state index in [9.17, 15) is 14.4 Å². The molecule has 15 heavy (non-hydrogen) atoms. The van der Waals surface area contributed by atoms with Gasteiger partial charge >= 0.3 is 5.97 Å². The summed E-state index contributed by atoms with van der Waals surface area (Å²) in [6.45, 7) is 0. The molecular formula is C8H7N3O4. The van der Waals surface area contributed by atoms with E-state index >= 15 is 0 Å². The van der Waals surface area contributed by atoms with Gasteiger partial charge in [0.2, 0.25) is 5.95 Å². The number of nitrogens with zero attached hydrogens (tertiary/aromatic N) is 1. The fourth-order valence-electron chi connectivity index (χ4n) is 0.739. The number of aliphatic carboxylic acids is 1. The molecule has 0 fully saturated rings. The molecule has 0 aliphatic rings. The first-order chi connectivity index (χ1) is 7.08. The minimum absolute atomic E-state index is 0.0393. The molecule has 3 N–H and O–H groups in total. The molecule has 0 saturated heterocycles. The second-order valence-corrected chi connectivity index (χ2v) is 2.44. The first kappa shape index (κ1) is 10.6. The maximum Gasteiger partial charge on any atom is 0.328 e. The number of rotatable bonds is 3. The molecule has 0 aliphatic heterocycles. The quantitative estimate of drug-likeness (QED) is 0.572. The van der Waals surface area contributed by atoms with Gasteiger partial charge in [-0.3, -0.25) is 19.9 Å². The number of carboxylic acid groups (broad SMARTS) is 1. The number of carboxylic acids is 1. The van der Waals surface area contributed by atoms with E-state index in [1.165, 1.54) is 12.3 Å². The second kappa shape index (κ2) is 4.70. The number of aromatic amines is 1. The molecular weight excluding hydrogens is 202 g/mol. The van der Waals surface area contributed by atoms with Gasteiger partial charge in [0.1, 0.15) is 0 Å². The van der Waals surface area contributed by atoms with Crippen molar-refractivity contribution in [1.29, 1.82) is 0 Å². The largest absolute Gasteiger partial charge is 0.478 e. The van der Waals surface area contributed by atoms with Crippen molar-refractivity contribution >= 4 is 17.8 Å². The Kier molecular flexibility index (Phi) is 3.33. The van der Waals surface area contributed by atoms with Gasteiger partial charge in [-0.2, -0.15) is 0 Å². The van der Waals surface area contributed by atoms with Crippen LogP contribution in [0.15, 0.2) is 29.2 Å². The number of aromatic nitrogens is 2. The van der Waals surface area contributed by atoms with Crippen molar-refractivity contribution in [2.75, 3.05) is 5.32 Å². The van der Waals surface area contributed by atoms with Gasteiger partial charge < -0.3 is 5.11 Å². The van der Waals surface area contributed by atoms with E-state index in [0.717, 1.165) is 6.08 Å². The van der Waals surface area contributed by atoms with Crippen molar-refractivity contribution in [3.8, 4) is 0 Å². The van der Waals surface area contributed by atoms with Gasteiger partial charge in [-0.05, 0) is 0 Å². The highest BCUT2D eigenvalue weighted by Gasteiger charge is 1.99. The molecule has 0 unspecified atom stereocenters. The maximum absolute atomic E-state index is 11.0. The van der Waals surface area contributed by atoms with Crippen LogP contribution >= 0.6 is 0 Å². The molecule has 0 atom stereocenters. The fraction of sp³-hybridized carbons (Fsp3) is 0. The van der Waals surface area contributed by atoms with Gasteiger partial charge in [0.15, 0.2) is 0 Å². The van der Waals surface area contributed by atoms with Crippen LogP contribution in [0.5, 0.6) is 0 Å². The van der Waals surface area contributed by atoms with E-state index in [2.05, 4.69) is 15.3 Å². The molecule has 0 saturated carbocycles. The molecule has 1 rings (SSSR count). The van der Waals surface area contributed by atoms with Crippen molar-refractivity contribution in [3.63, 3.8) is 0 Å². The van der Waals surface area contributed by atoms with E-state index in [0.29, 0.717) is 6.08 Å². The first-order valence-corrected chi connectivity index (χ1v) is 3.85. The monoisotopic (exact) mass is 209 g/mol. The topological polar surface area (TPSA) is 112 Å². The van der Waals surface area contributed by atoms with Crippen LogP contribution in [0.4, 0.5) is 5.95 Å². The minimum Gasteiger partial charge on any atom is -0.478 e. The highest BCUT2D eigenvalue weighted by Crippen LogP contribution is 1.91. The lowest BCUT2D eigenvalue weighted by atomic mass is 10.5. The Morgan fingerprint density at radius 1 is 1.47 bits per heavy atom. The molecule has 0 aliphatic carbocycles. The van der Waals surface area contributed by atoms with E-state index in [4.69, 9.17) is 5.11 Å². The summed E-state index contributed by atoms with van der Waals surface area (Å²) in [5, 5.41) is 10.4. The predicted octanol–water partition coefficient (Wildman–Crippen LogP) is -0.651. The Bertz CT molecular complexity index is 463. The smallest absolute Gasteiger partial charge is 0.328 e. The average molecular weight is 209 g/mol. The van der Waals surface area contributed by atoms with Crippen molar-refractivity contribution in [3.05, 3.63) is 34.8 Å². The van der Waals surface area contributed by atoms with Crippen LogP contribution in [0.3, 0.4) is 0 Å². The highest BCUT2D eigenvalue weighted by molar-refractivity contribution is 6.01. The molecule has 78 valence electrons. The molecule has 1 heterocycles. The number of carbonyl (C=O) groups is 2. The third kappa shape index (κ3) is 3.85. The third-order valence-electron chi connectivity index (χ3n) is 1.29. The van der Waals surface area contributed by atoms with Crippen molar-refractivity contribution in [2.45, 2.75) is 0 Å². The zero-order valence-electron chi connectivity index (χ0n) is 7.43. The standard InChI is InChI=1S/C8H7N3O4/c12-5(1-2-7(14)15)10-8-9-4-3-6(13)11-8/h1-4H,(H,14,15)(H2,9,10,11,12,13)/b2-1-. The normalized spacial score (nSPS) is 10.1. The molecule has 1 aromatic heterocycles. The van der Waals surface area contributed by atoms with Crippen LogP contribution < -0.4 is 10.9 Å². The number of anilines is 1. The van der Waals surface area contributed by atoms with Crippen LogP contribution in [-0.4, -0.2) is 27.0 Å². The molecule has 1 amide bonds. The van der Waals surface area contributed by atoms with Crippen LogP contribution in [0.1, 0.15) is 0 Å². The predicted molar refractivity (Wildman–Crippen MR) is 50.3 cm³/mol. The summed E-state index contributed by atoms with van der Waals surface area (Å²) in [6.07, 6.45) is 2.71. The Balaban J connectivity index is 2.67. The van der Waals surface area contributed by atoms with Gasteiger partial charge in [-0.1, -0.05) is 0 Å². The van der Waals surface area contributed by atoms with Crippen LogP contribution in [0.2, 0.25) is 0 Å². The molecule has 0 radical (unpaired) electrons. The SMILES string of the molecule is O=C(O)/C=C\C(=O)Nc1nccc(=O)[nH]1. The summed E-state index contributed by atoms with van der Waals surface area (Å²) in [4.78, 5) is 37.7. The number of hydrogen-bond donors (Lipinski definition) is 3. The summed E-state index contributed by atoms with van der Waals surface area (Å²) < 4.78 is 0. The van der Waals surface area contributed by atoms with Crippen LogP contribution in [0.25, 0.3) is 0 Å². The van der Waals surface area contributed by atoms with Gasteiger partial charge in [-0.15, -0.1) is 0 Å². The zero-order valence-corrected chi connectivity index (χ0v) is 7.43. The minimum atomic E-state index is -1.24. The maximum atomic E-state index is 11.0. The average Bonchev–Trinajstić information content (AvgIpc) is 2.15. The van der Waals surface area contributed by atoms with Gasteiger partial charge in [0.05, 0.1) is 0 Å². The number of nitrogens with one attached hydrogen (secondary N) is 2. The summed E-state index contributed by atoms with van der Waals surface area (Å²) in [5.74, 6) is -1.96. The molecule has 7 heteroatoms. The lowest BCUT2D eigenvalue weighted by molar-refractivity contribution is -0.131. The Labute approximate surface area is 83.5 Å². The Morgan fingerprint density at radius 3 is 2.80 bits per heavy atom. The number of carbonyl (C=O) groups excluding carboxylic acids is 1. The van der Waals surface area contributed by atoms with Crippen molar-refractivity contribution in [2.24, 2.45) is 0 Å². The molecule has 1 aromatic rings. The van der Waals surface area contributed by atoms with Crippen molar-refractivity contribution in [1.82, 2.24) is 9.97 Å². The summed E-state index contributed by atoms with van der Waals surface area (Å²) in [5.41, 5.74) is -0.414. The molecule has 0 bridgehead atoms. The molecule has 0 aromatic carbocycles. The first-order valence-electron chi connectivity index (χ1n) is 3.85. The lowest BCUT2D eigenvalue weighted by Crippen LogP contribution is -2.15. The highest BCUT2D eigenvalue weighted by atomic mass is 16.4. The van der Waals surface area contributed by atoms with E-state index < -0.39 is 17.4 Å². The van der Waals surface area contributed by atoms with Crippen LogP contribution in [-0.2, 0) is 9.59 Å². The van der Waals surface area contributed by atoms with Gasteiger partial charge in [-0.25, -0.2) is 9.78 Å². The number of H-pyrrole nitrogens is 1. The zero-order chi connectivity index (χ0) is 11.3. The third-order valence-corrected chi connectivity index (χ3v) is 1.29. The van der Waals surface area contributed by atoms with Gasteiger partial charge in [0.25, 0.3) is 11.5 Å². The second-order valence-electron chi connectivity index (χ2n) is 2.44. The Hall–Kier alpha value is -2.44. The summed E-state index contributed by atoms with van der Waals surface area (Å²) in [7, 11) is 0. The fourth-order valence-corrected chi connectivity index (χ4v) is 0.739. The Morgan fingerprint density at radius 2 is 2.20 bits per heavy atom. The molecule has 7 nitrogen and oxygen atoms in total. The number of hydrogen-bond acceptors (Lipinski definition) is 4. The van der Waals surface area contributed by atoms with Gasteiger partial charge in [0, 0.05) is 24.4 Å². The van der Waals surface area contributed by atoms with Crippen molar-refractivity contribution < 1.29 is 14.7 Å². The van der Waals surface area contributed by atoms with E-state index in [-0.39, 0.29) is 5.95 Å². The summed E-state index contributed by atoms with van der Waals surface area (Å²) >= 11 is 0. The lowest BCUT2D eigenvalue weighted by Gasteiger charge is -1.98. The summed E-state index contributed by atoms with van der Waals surface area (Å²) in [6, 6.07) is 1.18. The van der Waals surface area contributed by atoms with Crippen LogP contribution in [0, 0.1) is 0 Å².